The standard InChI is InChI=1S/C24H44O6/c1-2-3-4-5-6-7-8-9-10-11-12-13-14-15-16-19(24(28)29)17-20(25)23-22(27)21(26)18-30-23/h9-10,19-23,25-27H,2-8,11-18H2,1H3,(H,28,29)/b10-9+. The van der Waals surface area contributed by atoms with Crippen LogP contribution in [-0.4, -0.2) is 57.4 Å². The second kappa shape index (κ2) is 16.7. The third-order valence-corrected chi connectivity index (χ3v) is 6.01. The summed E-state index contributed by atoms with van der Waals surface area (Å²) in [5.41, 5.74) is 0. The normalized spacial score (nSPS) is 23.8. The topological polar surface area (TPSA) is 107 Å². The van der Waals surface area contributed by atoms with Gasteiger partial charge < -0.3 is 25.2 Å². The Morgan fingerprint density at radius 1 is 0.967 bits per heavy atom. The summed E-state index contributed by atoms with van der Waals surface area (Å²) in [4.78, 5) is 11.5. The number of carbonyl (C=O) groups is 1. The van der Waals surface area contributed by atoms with Crippen molar-refractivity contribution in [3.05, 3.63) is 12.2 Å². The maximum Gasteiger partial charge on any atom is 0.306 e. The number of aliphatic hydroxyl groups excluding tert-OH is 3. The lowest BCUT2D eigenvalue weighted by Crippen LogP contribution is -2.40. The predicted octanol–water partition coefficient (Wildman–Crippen LogP) is 4.21. The number of unbranched alkanes of at least 4 members (excludes halogenated alkanes) is 10. The molecule has 1 aliphatic heterocycles. The van der Waals surface area contributed by atoms with Gasteiger partial charge >= 0.3 is 5.97 Å². The second-order valence-electron chi connectivity index (χ2n) is 8.71. The lowest BCUT2D eigenvalue weighted by Gasteiger charge is -2.23. The Hall–Kier alpha value is -0.950. The molecule has 0 aliphatic carbocycles. The number of aliphatic carboxylic acids is 1. The SMILES string of the molecule is CCCCCCCC/C=C/CCCCCCC(CC(O)C1OCC(O)C1O)C(=O)O. The minimum Gasteiger partial charge on any atom is -0.481 e. The summed E-state index contributed by atoms with van der Waals surface area (Å²) >= 11 is 0. The van der Waals surface area contributed by atoms with E-state index < -0.39 is 36.3 Å². The average Bonchev–Trinajstić information content (AvgIpc) is 3.05. The highest BCUT2D eigenvalue weighted by atomic mass is 16.5. The van der Waals surface area contributed by atoms with E-state index in [1.54, 1.807) is 0 Å². The molecule has 1 rings (SSSR count). The molecule has 6 nitrogen and oxygen atoms in total. The molecule has 6 heteroatoms. The van der Waals surface area contributed by atoms with Gasteiger partial charge in [0.05, 0.1) is 18.6 Å². The van der Waals surface area contributed by atoms with Gasteiger partial charge in [-0.15, -0.1) is 0 Å². The van der Waals surface area contributed by atoms with Gasteiger partial charge in [0, 0.05) is 0 Å². The first-order valence-electron chi connectivity index (χ1n) is 12.0. The van der Waals surface area contributed by atoms with Gasteiger partial charge in [0.1, 0.15) is 18.3 Å². The molecule has 0 aromatic rings. The van der Waals surface area contributed by atoms with E-state index in [9.17, 15) is 25.2 Å². The highest BCUT2D eigenvalue weighted by molar-refractivity contribution is 5.69. The van der Waals surface area contributed by atoms with Crippen LogP contribution in [0.1, 0.15) is 96.8 Å². The Labute approximate surface area is 182 Å². The van der Waals surface area contributed by atoms with Gasteiger partial charge in [-0.25, -0.2) is 0 Å². The highest BCUT2D eigenvalue weighted by Gasteiger charge is 2.40. The zero-order chi connectivity index (χ0) is 22.2. The van der Waals surface area contributed by atoms with Crippen LogP contribution in [-0.2, 0) is 9.53 Å². The molecule has 4 N–H and O–H groups in total. The number of carboxylic acids is 1. The van der Waals surface area contributed by atoms with Crippen molar-refractivity contribution in [2.45, 2.75) is 121 Å². The van der Waals surface area contributed by atoms with Crippen LogP contribution in [0.25, 0.3) is 0 Å². The largest absolute Gasteiger partial charge is 0.481 e. The molecular formula is C24H44O6. The molecule has 0 aromatic carbocycles. The number of allylic oxidation sites excluding steroid dienone is 2. The van der Waals surface area contributed by atoms with Crippen molar-refractivity contribution in [1.29, 1.82) is 0 Å². The maximum atomic E-state index is 11.5. The summed E-state index contributed by atoms with van der Waals surface area (Å²) in [6.07, 6.45) is 15.1. The molecule has 0 saturated carbocycles. The zero-order valence-electron chi connectivity index (χ0n) is 18.8. The van der Waals surface area contributed by atoms with Crippen molar-refractivity contribution < 1.29 is 30.0 Å². The number of ether oxygens (including phenoxy) is 1. The number of aliphatic hydroxyl groups is 3. The fraction of sp³-hybridized carbons (Fsp3) is 0.875. The molecular weight excluding hydrogens is 384 g/mol. The van der Waals surface area contributed by atoms with Crippen LogP contribution >= 0.6 is 0 Å². The first kappa shape index (κ1) is 27.1. The first-order valence-corrected chi connectivity index (χ1v) is 12.0. The Balaban J connectivity index is 2.06. The van der Waals surface area contributed by atoms with Crippen molar-refractivity contribution in [3.63, 3.8) is 0 Å². The first-order chi connectivity index (χ1) is 14.5. The van der Waals surface area contributed by atoms with Gasteiger partial charge in [-0.1, -0.05) is 70.4 Å². The summed E-state index contributed by atoms with van der Waals surface area (Å²) in [5.74, 6) is -1.59. The molecule has 1 saturated heterocycles. The fourth-order valence-electron chi connectivity index (χ4n) is 4.02. The lowest BCUT2D eigenvalue weighted by molar-refractivity contribution is -0.144. The number of hydrogen-bond acceptors (Lipinski definition) is 5. The fourth-order valence-corrected chi connectivity index (χ4v) is 4.02. The van der Waals surface area contributed by atoms with Gasteiger partial charge in [0.2, 0.25) is 0 Å². The minimum absolute atomic E-state index is 0.0327. The molecule has 0 bridgehead atoms. The van der Waals surface area contributed by atoms with E-state index in [-0.39, 0.29) is 13.0 Å². The molecule has 1 aliphatic rings. The molecule has 176 valence electrons. The van der Waals surface area contributed by atoms with Crippen LogP contribution in [0.4, 0.5) is 0 Å². The predicted molar refractivity (Wildman–Crippen MR) is 118 cm³/mol. The average molecular weight is 429 g/mol. The van der Waals surface area contributed by atoms with Gasteiger partial charge in [-0.2, -0.15) is 0 Å². The van der Waals surface area contributed by atoms with E-state index in [4.69, 9.17) is 4.74 Å². The lowest BCUT2D eigenvalue weighted by atomic mass is 9.91. The van der Waals surface area contributed by atoms with E-state index >= 15 is 0 Å². The number of rotatable bonds is 18. The Kier molecular flexibility index (Phi) is 15.1. The van der Waals surface area contributed by atoms with E-state index in [0.717, 1.165) is 32.1 Å². The van der Waals surface area contributed by atoms with E-state index in [1.165, 1.54) is 44.9 Å². The van der Waals surface area contributed by atoms with Gasteiger partial charge in [-0.3, -0.25) is 4.79 Å². The van der Waals surface area contributed by atoms with Crippen LogP contribution in [0.15, 0.2) is 12.2 Å². The Morgan fingerprint density at radius 2 is 1.53 bits per heavy atom. The van der Waals surface area contributed by atoms with E-state index in [1.807, 2.05) is 0 Å². The minimum atomic E-state index is -1.16. The molecule has 0 amide bonds. The molecule has 5 atom stereocenters. The molecule has 0 radical (unpaired) electrons. The molecule has 0 spiro atoms. The molecule has 1 fully saturated rings. The summed E-state index contributed by atoms with van der Waals surface area (Å²) < 4.78 is 5.20. The van der Waals surface area contributed by atoms with Gasteiger partial charge in [0.15, 0.2) is 0 Å². The molecule has 30 heavy (non-hydrogen) atoms. The maximum absolute atomic E-state index is 11.5. The van der Waals surface area contributed by atoms with Crippen molar-refractivity contribution in [2.75, 3.05) is 6.61 Å². The monoisotopic (exact) mass is 428 g/mol. The summed E-state index contributed by atoms with van der Waals surface area (Å²) in [5, 5.41) is 38.9. The van der Waals surface area contributed by atoms with Crippen molar-refractivity contribution >= 4 is 5.97 Å². The number of hydrogen-bond donors (Lipinski definition) is 4. The molecule has 0 aromatic heterocycles. The Morgan fingerprint density at radius 3 is 2.07 bits per heavy atom. The number of carboxylic acid groups (broad SMARTS) is 1. The zero-order valence-corrected chi connectivity index (χ0v) is 18.8. The summed E-state index contributed by atoms with van der Waals surface area (Å²) in [6.45, 7) is 2.21. The highest BCUT2D eigenvalue weighted by Crippen LogP contribution is 2.24. The van der Waals surface area contributed by atoms with Crippen LogP contribution in [0, 0.1) is 5.92 Å². The van der Waals surface area contributed by atoms with Crippen molar-refractivity contribution in [2.24, 2.45) is 5.92 Å². The smallest absolute Gasteiger partial charge is 0.306 e. The van der Waals surface area contributed by atoms with Gasteiger partial charge in [-0.05, 0) is 38.5 Å². The van der Waals surface area contributed by atoms with Crippen molar-refractivity contribution in [1.82, 2.24) is 0 Å². The third-order valence-electron chi connectivity index (χ3n) is 6.01. The van der Waals surface area contributed by atoms with E-state index in [2.05, 4.69) is 19.1 Å². The molecule has 5 unspecified atom stereocenters. The van der Waals surface area contributed by atoms with Crippen LogP contribution in [0.2, 0.25) is 0 Å². The van der Waals surface area contributed by atoms with Crippen LogP contribution in [0.3, 0.4) is 0 Å². The summed E-state index contributed by atoms with van der Waals surface area (Å²) in [7, 11) is 0. The quantitative estimate of drug-likeness (QED) is 0.192. The Bertz CT molecular complexity index is 467. The van der Waals surface area contributed by atoms with Crippen LogP contribution in [0.5, 0.6) is 0 Å². The molecule has 1 heterocycles. The van der Waals surface area contributed by atoms with Crippen molar-refractivity contribution in [3.8, 4) is 0 Å². The second-order valence-corrected chi connectivity index (χ2v) is 8.71. The summed E-state index contributed by atoms with van der Waals surface area (Å²) in [6, 6.07) is 0. The van der Waals surface area contributed by atoms with Crippen LogP contribution < -0.4 is 0 Å². The van der Waals surface area contributed by atoms with E-state index in [0.29, 0.717) is 6.42 Å². The van der Waals surface area contributed by atoms with Gasteiger partial charge in [0.25, 0.3) is 0 Å². The third kappa shape index (κ3) is 11.4.